The molecule has 17 heavy (non-hydrogen) atoms. The van der Waals surface area contributed by atoms with Crippen molar-refractivity contribution in [3.8, 4) is 0 Å². The van der Waals surface area contributed by atoms with Crippen LogP contribution < -0.4 is 5.11 Å². The van der Waals surface area contributed by atoms with Crippen LogP contribution in [0.5, 0.6) is 0 Å². The van der Waals surface area contributed by atoms with Crippen molar-refractivity contribution in [1.29, 1.82) is 0 Å². The molecule has 7 heteroatoms. The highest BCUT2D eigenvalue weighted by Crippen LogP contribution is 2.24. The van der Waals surface area contributed by atoms with E-state index in [1.54, 1.807) is 0 Å². The quantitative estimate of drug-likeness (QED) is 0.789. The van der Waals surface area contributed by atoms with Crippen molar-refractivity contribution in [3.05, 3.63) is 30.1 Å². The summed E-state index contributed by atoms with van der Waals surface area (Å²) < 4.78 is 37.6. The van der Waals surface area contributed by atoms with E-state index in [4.69, 9.17) is 0 Å². The molecule has 0 spiro atoms. The maximum absolute atomic E-state index is 12.3. The molecule has 0 atom stereocenters. The molecule has 2 rings (SSSR count). The number of halogens is 3. The highest BCUT2D eigenvalue weighted by atomic mass is 19.4. The predicted molar refractivity (Wildman–Crippen MR) is 50.1 cm³/mol. The van der Waals surface area contributed by atoms with Crippen LogP contribution in [-0.4, -0.2) is 21.7 Å². The molecule has 0 N–H and O–H groups in total. The fourth-order valence-electron chi connectivity index (χ4n) is 1.60. The third kappa shape index (κ3) is 2.22. The van der Waals surface area contributed by atoms with Crippen LogP contribution in [0.1, 0.15) is 10.4 Å². The van der Waals surface area contributed by atoms with Gasteiger partial charge in [-0.05, 0) is 12.1 Å². The van der Waals surface area contributed by atoms with Gasteiger partial charge in [0.05, 0.1) is 5.97 Å². The van der Waals surface area contributed by atoms with Gasteiger partial charge in [0, 0.05) is 23.3 Å². The molecule has 90 valence electrons. The third-order valence-electron chi connectivity index (χ3n) is 2.20. The number of carboxylic acid groups (broad SMARTS) is 1. The van der Waals surface area contributed by atoms with Gasteiger partial charge in [0.1, 0.15) is 12.2 Å². The van der Waals surface area contributed by atoms with Gasteiger partial charge in [-0.15, -0.1) is 0 Å². The van der Waals surface area contributed by atoms with Crippen LogP contribution in [-0.2, 0) is 6.54 Å². The number of aromatic carboxylic acids is 1. The fraction of sp³-hybridized carbons (Fsp3) is 0.200. The van der Waals surface area contributed by atoms with Crippen LogP contribution in [0.2, 0.25) is 0 Å². The molecule has 2 aromatic rings. The number of hydrogen-bond donors (Lipinski definition) is 0. The molecule has 0 aliphatic rings. The number of hydrogen-bond acceptors (Lipinski definition) is 3. The van der Waals surface area contributed by atoms with Gasteiger partial charge < -0.3 is 14.5 Å². The maximum atomic E-state index is 12.3. The lowest BCUT2D eigenvalue weighted by molar-refractivity contribution is -0.254. The molecule has 0 aliphatic heterocycles. The molecular formula is C10H6F3N2O2-. The van der Waals surface area contributed by atoms with Gasteiger partial charge in [-0.2, -0.15) is 13.2 Å². The zero-order valence-electron chi connectivity index (χ0n) is 8.36. The first-order chi connectivity index (χ1) is 7.88. The van der Waals surface area contributed by atoms with Gasteiger partial charge in [0.15, 0.2) is 0 Å². The molecule has 0 saturated heterocycles. The molecular weight excluding hydrogens is 237 g/mol. The Morgan fingerprint density at radius 3 is 2.76 bits per heavy atom. The van der Waals surface area contributed by atoms with Gasteiger partial charge in [0.25, 0.3) is 0 Å². The number of carbonyl (C=O) groups is 1. The Labute approximate surface area is 93.3 Å². The van der Waals surface area contributed by atoms with Crippen LogP contribution in [0.3, 0.4) is 0 Å². The SMILES string of the molecule is O=C([O-])c1cn(CC(F)(F)F)c2ncccc12. The van der Waals surface area contributed by atoms with Crippen molar-refractivity contribution < 1.29 is 23.1 Å². The van der Waals surface area contributed by atoms with Crippen LogP contribution in [0, 0.1) is 0 Å². The van der Waals surface area contributed by atoms with Crippen molar-refractivity contribution in [2.75, 3.05) is 0 Å². The summed E-state index contributed by atoms with van der Waals surface area (Å²) in [5, 5.41) is 10.9. The minimum atomic E-state index is -4.44. The molecule has 0 aromatic carbocycles. The molecule has 0 bridgehead atoms. The van der Waals surface area contributed by atoms with Gasteiger partial charge in [0.2, 0.25) is 0 Å². The fourth-order valence-corrected chi connectivity index (χ4v) is 1.60. The number of rotatable bonds is 2. The van der Waals surface area contributed by atoms with Crippen LogP contribution in [0.4, 0.5) is 13.2 Å². The van der Waals surface area contributed by atoms with E-state index in [0.29, 0.717) is 0 Å². The Hall–Kier alpha value is -2.05. The molecule has 2 aromatic heterocycles. The first-order valence-electron chi connectivity index (χ1n) is 4.60. The molecule has 0 radical (unpaired) electrons. The molecule has 0 amide bonds. The van der Waals surface area contributed by atoms with Gasteiger partial charge >= 0.3 is 6.18 Å². The first-order valence-corrected chi connectivity index (χ1v) is 4.60. The van der Waals surface area contributed by atoms with Crippen LogP contribution in [0.25, 0.3) is 11.0 Å². The molecule has 0 fully saturated rings. The topological polar surface area (TPSA) is 57.9 Å². The Morgan fingerprint density at radius 2 is 2.18 bits per heavy atom. The van der Waals surface area contributed by atoms with Gasteiger partial charge in [-0.3, -0.25) is 0 Å². The lowest BCUT2D eigenvalue weighted by Crippen LogP contribution is -2.22. The number of nitrogens with zero attached hydrogens (tertiary/aromatic N) is 2. The minimum absolute atomic E-state index is 0.0241. The standard InChI is InChI=1S/C10H7F3N2O2/c11-10(12,13)5-15-4-7(9(16)17)6-2-1-3-14-8(6)15/h1-4H,5H2,(H,16,17)/p-1. The molecule has 4 nitrogen and oxygen atoms in total. The molecule has 0 aliphatic carbocycles. The Bertz CT molecular complexity index is 574. The summed E-state index contributed by atoms with van der Waals surface area (Å²) in [6.07, 6.45) is -2.25. The second kappa shape index (κ2) is 3.76. The summed E-state index contributed by atoms with van der Waals surface area (Å²) in [7, 11) is 0. The van der Waals surface area contributed by atoms with E-state index in [0.717, 1.165) is 10.8 Å². The predicted octanol–water partition coefficient (Wildman–Crippen LogP) is 0.962. The Balaban J connectivity index is 2.61. The van der Waals surface area contributed by atoms with E-state index >= 15 is 0 Å². The Morgan fingerprint density at radius 1 is 1.47 bits per heavy atom. The largest absolute Gasteiger partial charge is 0.545 e. The summed E-state index contributed by atoms with van der Waals surface area (Å²) in [6.45, 7) is -1.28. The van der Waals surface area contributed by atoms with E-state index in [9.17, 15) is 23.1 Å². The Kier molecular flexibility index (Phi) is 2.53. The van der Waals surface area contributed by atoms with Crippen molar-refractivity contribution >= 4 is 17.0 Å². The van der Waals surface area contributed by atoms with E-state index in [1.165, 1.54) is 18.3 Å². The van der Waals surface area contributed by atoms with E-state index < -0.39 is 18.7 Å². The maximum Gasteiger partial charge on any atom is 0.406 e. The summed E-state index contributed by atoms with van der Waals surface area (Å²) in [5.41, 5.74) is -0.318. The summed E-state index contributed by atoms with van der Waals surface area (Å²) >= 11 is 0. The summed E-state index contributed by atoms with van der Waals surface area (Å²) in [6, 6.07) is 2.84. The minimum Gasteiger partial charge on any atom is -0.545 e. The number of fused-ring (bicyclic) bond motifs is 1. The number of carbonyl (C=O) groups excluding carboxylic acids is 1. The lowest BCUT2D eigenvalue weighted by atomic mass is 10.2. The average molecular weight is 243 g/mol. The highest BCUT2D eigenvalue weighted by Gasteiger charge is 2.29. The molecule has 0 saturated carbocycles. The zero-order valence-corrected chi connectivity index (χ0v) is 8.36. The van der Waals surface area contributed by atoms with Crippen LogP contribution in [0.15, 0.2) is 24.5 Å². The van der Waals surface area contributed by atoms with Crippen molar-refractivity contribution in [3.63, 3.8) is 0 Å². The zero-order chi connectivity index (χ0) is 12.6. The van der Waals surface area contributed by atoms with Crippen molar-refractivity contribution in [1.82, 2.24) is 9.55 Å². The second-order valence-electron chi connectivity index (χ2n) is 3.45. The molecule has 2 heterocycles. The van der Waals surface area contributed by atoms with Crippen molar-refractivity contribution in [2.45, 2.75) is 12.7 Å². The third-order valence-corrected chi connectivity index (χ3v) is 2.20. The lowest BCUT2D eigenvalue weighted by Gasteiger charge is -2.07. The summed E-state index contributed by atoms with van der Waals surface area (Å²) in [4.78, 5) is 14.5. The normalized spacial score (nSPS) is 11.9. The second-order valence-corrected chi connectivity index (χ2v) is 3.45. The molecule has 0 unspecified atom stereocenters. The highest BCUT2D eigenvalue weighted by molar-refractivity contribution is 6.01. The van der Waals surface area contributed by atoms with Crippen molar-refractivity contribution in [2.24, 2.45) is 0 Å². The van der Waals surface area contributed by atoms with E-state index in [-0.39, 0.29) is 16.6 Å². The first kappa shape index (κ1) is 11.4. The van der Waals surface area contributed by atoms with E-state index in [2.05, 4.69) is 4.98 Å². The number of carboxylic acids is 1. The smallest absolute Gasteiger partial charge is 0.406 e. The number of pyridine rings is 1. The monoisotopic (exact) mass is 243 g/mol. The van der Waals surface area contributed by atoms with Crippen LogP contribution >= 0.6 is 0 Å². The number of aromatic nitrogens is 2. The van der Waals surface area contributed by atoms with Gasteiger partial charge in [-0.1, -0.05) is 0 Å². The van der Waals surface area contributed by atoms with Gasteiger partial charge in [-0.25, -0.2) is 4.98 Å². The average Bonchev–Trinajstić information content (AvgIpc) is 2.55. The van der Waals surface area contributed by atoms with E-state index in [1.807, 2.05) is 0 Å². The summed E-state index contributed by atoms with van der Waals surface area (Å²) in [5.74, 6) is -1.52. The number of alkyl halides is 3.